The Balaban J connectivity index is 1.47. The molecule has 2 heterocycles. The molecule has 1 aromatic heterocycles. The fraction of sp³-hybridized carbons (Fsp3) is 0.238. The molecule has 8 heteroatoms. The Bertz CT molecular complexity index is 1120. The second kappa shape index (κ2) is 8.00. The molecule has 0 aliphatic carbocycles. The number of H-pyrrole nitrogens is 1. The average Bonchev–Trinajstić information content (AvgIpc) is 3.28. The predicted octanol–water partition coefficient (Wildman–Crippen LogP) is 3.68. The molecular formula is C21H21N5O2S. The molecule has 2 aromatic carbocycles. The lowest BCUT2D eigenvalue weighted by atomic mass is 10.1. The van der Waals surface area contributed by atoms with Crippen molar-refractivity contribution in [3.63, 3.8) is 0 Å². The zero-order chi connectivity index (χ0) is 20.4. The molecule has 148 valence electrons. The molecule has 0 atom stereocenters. The second-order valence-corrected chi connectivity index (χ2v) is 7.44. The van der Waals surface area contributed by atoms with Crippen molar-refractivity contribution in [2.24, 2.45) is 0 Å². The summed E-state index contributed by atoms with van der Waals surface area (Å²) in [4.78, 5) is 26.2. The summed E-state index contributed by atoms with van der Waals surface area (Å²) >= 11 is 5.31. The van der Waals surface area contributed by atoms with Crippen molar-refractivity contribution in [1.82, 2.24) is 14.8 Å². The van der Waals surface area contributed by atoms with Gasteiger partial charge in [0.05, 0.1) is 0 Å². The van der Waals surface area contributed by atoms with Gasteiger partial charge in [-0.15, -0.1) is 0 Å². The van der Waals surface area contributed by atoms with Gasteiger partial charge in [-0.05, 0) is 55.9 Å². The number of nitrogens with one attached hydrogen (secondary N) is 2. The van der Waals surface area contributed by atoms with E-state index >= 15 is 0 Å². The highest BCUT2D eigenvalue weighted by atomic mass is 32.1. The van der Waals surface area contributed by atoms with Crippen molar-refractivity contribution in [2.45, 2.75) is 26.3 Å². The number of benzene rings is 2. The quantitative estimate of drug-likeness (QED) is 0.632. The summed E-state index contributed by atoms with van der Waals surface area (Å²) in [5.74, 6) is 0.554. The van der Waals surface area contributed by atoms with Gasteiger partial charge in [-0.25, -0.2) is 0 Å². The molecule has 2 amide bonds. The first-order valence-corrected chi connectivity index (χ1v) is 9.84. The van der Waals surface area contributed by atoms with Crippen LogP contribution in [0, 0.1) is 11.7 Å². The molecule has 1 saturated heterocycles. The van der Waals surface area contributed by atoms with Crippen molar-refractivity contribution in [1.29, 1.82) is 0 Å². The smallest absolute Gasteiger partial charge is 0.244 e. The first-order chi connectivity index (χ1) is 14.0. The van der Waals surface area contributed by atoms with Gasteiger partial charge in [-0.3, -0.25) is 19.3 Å². The number of aromatic nitrogens is 3. The lowest BCUT2D eigenvalue weighted by Crippen LogP contribution is -2.23. The molecule has 0 saturated carbocycles. The van der Waals surface area contributed by atoms with Crippen LogP contribution in [-0.2, 0) is 16.1 Å². The van der Waals surface area contributed by atoms with E-state index in [1.165, 1.54) is 0 Å². The lowest BCUT2D eigenvalue weighted by Gasteiger charge is -2.16. The second-order valence-electron chi connectivity index (χ2n) is 7.05. The van der Waals surface area contributed by atoms with Crippen molar-refractivity contribution < 1.29 is 9.59 Å². The molecule has 7 nitrogen and oxygen atoms in total. The molecule has 1 fully saturated rings. The first-order valence-electron chi connectivity index (χ1n) is 9.44. The Hall–Kier alpha value is -3.26. The van der Waals surface area contributed by atoms with E-state index in [9.17, 15) is 9.59 Å². The maximum Gasteiger partial charge on any atom is 0.244 e. The molecule has 29 heavy (non-hydrogen) atoms. The number of nitrogens with zero attached hydrogens (tertiary/aromatic N) is 3. The number of carbonyl (C=O) groups is 2. The summed E-state index contributed by atoms with van der Waals surface area (Å²) in [6, 6.07) is 15.2. The van der Waals surface area contributed by atoms with Crippen LogP contribution in [0.4, 0.5) is 11.4 Å². The monoisotopic (exact) mass is 407 g/mol. The SMILES string of the molecule is Cc1cccc(-c2n[nH]c(=S)n2CC(=O)Nc2ccc(N3CCCC3=O)cc2)c1. The molecule has 0 radical (unpaired) electrons. The standard InChI is InChI=1S/C21H21N5O2S/c1-14-4-2-5-15(12-14)20-23-24-21(29)26(20)13-18(27)22-16-7-9-17(10-8-16)25-11-3-6-19(25)28/h2,4-5,7-10,12H,3,6,11,13H2,1H3,(H,22,27)(H,24,29). The van der Waals surface area contributed by atoms with Crippen LogP contribution in [0.3, 0.4) is 0 Å². The average molecular weight is 407 g/mol. The number of anilines is 2. The van der Waals surface area contributed by atoms with Crippen LogP contribution < -0.4 is 10.2 Å². The highest BCUT2D eigenvalue weighted by Gasteiger charge is 2.21. The number of aromatic amines is 1. The normalized spacial score (nSPS) is 13.7. The van der Waals surface area contributed by atoms with Crippen LogP contribution in [0.1, 0.15) is 18.4 Å². The van der Waals surface area contributed by atoms with Gasteiger partial charge in [-0.1, -0.05) is 23.8 Å². The van der Waals surface area contributed by atoms with Crippen LogP contribution in [0.2, 0.25) is 0 Å². The Morgan fingerprint density at radius 1 is 1.24 bits per heavy atom. The summed E-state index contributed by atoms with van der Waals surface area (Å²) in [6.07, 6.45) is 1.47. The zero-order valence-electron chi connectivity index (χ0n) is 16.0. The van der Waals surface area contributed by atoms with Crippen molar-refractivity contribution >= 4 is 35.4 Å². The zero-order valence-corrected chi connectivity index (χ0v) is 16.8. The van der Waals surface area contributed by atoms with Crippen LogP contribution in [0.5, 0.6) is 0 Å². The van der Waals surface area contributed by atoms with E-state index < -0.39 is 0 Å². The van der Waals surface area contributed by atoms with Crippen molar-refractivity contribution in [3.8, 4) is 11.4 Å². The van der Waals surface area contributed by atoms with Crippen LogP contribution >= 0.6 is 12.2 Å². The van der Waals surface area contributed by atoms with Gasteiger partial charge in [0.15, 0.2) is 10.6 Å². The third-order valence-corrected chi connectivity index (χ3v) is 5.18. The molecule has 3 aromatic rings. The predicted molar refractivity (Wildman–Crippen MR) is 114 cm³/mol. The third-order valence-electron chi connectivity index (χ3n) is 4.87. The fourth-order valence-electron chi connectivity index (χ4n) is 3.46. The molecule has 0 bridgehead atoms. The van der Waals surface area contributed by atoms with Crippen molar-refractivity contribution in [3.05, 3.63) is 58.9 Å². The van der Waals surface area contributed by atoms with Crippen LogP contribution in [-0.4, -0.2) is 33.1 Å². The van der Waals surface area contributed by atoms with E-state index in [1.54, 1.807) is 21.6 Å². The summed E-state index contributed by atoms with van der Waals surface area (Å²) < 4.78 is 2.07. The molecule has 2 N–H and O–H groups in total. The summed E-state index contributed by atoms with van der Waals surface area (Å²) in [7, 11) is 0. The van der Waals surface area contributed by atoms with E-state index in [0.717, 1.165) is 29.8 Å². The minimum Gasteiger partial charge on any atom is -0.325 e. The number of hydrogen-bond donors (Lipinski definition) is 2. The molecule has 0 unspecified atom stereocenters. The molecule has 1 aliphatic heterocycles. The van der Waals surface area contributed by atoms with Gasteiger partial charge in [0, 0.05) is 29.9 Å². The van der Waals surface area contributed by atoms with E-state index in [2.05, 4.69) is 15.5 Å². The topological polar surface area (TPSA) is 83.0 Å². The van der Waals surface area contributed by atoms with Gasteiger partial charge in [-0.2, -0.15) is 5.10 Å². The minimum absolute atomic E-state index is 0.0466. The highest BCUT2D eigenvalue weighted by molar-refractivity contribution is 7.71. The van der Waals surface area contributed by atoms with Gasteiger partial charge >= 0.3 is 0 Å². The van der Waals surface area contributed by atoms with Crippen LogP contribution in [0.25, 0.3) is 11.4 Å². The Labute approximate surface area is 173 Å². The summed E-state index contributed by atoms with van der Waals surface area (Å²) in [6.45, 7) is 2.79. The summed E-state index contributed by atoms with van der Waals surface area (Å²) in [5.41, 5.74) is 3.51. The number of amides is 2. The van der Waals surface area contributed by atoms with Gasteiger partial charge in [0.2, 0.25) is 11.8 Å². The van der Waals surface area contributed by atoms with E-state index in [1.807, 2.05) is 43.3 Å². The Morgan fingerprint density at radius 3 is 2.72 bits per heavy atom. The van der Waals surface area contributed by atoms with Gasteiger partial charge in [0.25, 0.3) is 0 Å². The van der Waals surface area contributed by atoms with Crippen molar-refractivity contribution in [2.75, 3.05) is 16.8 Å². The van der Waals surface area contributed by atoms with Gasteiger partial charge < -0.3 is 10.2 Å². The fourth-order valence-corrected chi connectivity index (χ4v) is 3.66. The number of carbonyl (C=O) groups excluding carboxylic acids is 2. The molecule has 0 spiro atoms. The van der Waals surface area contributed by atoms with E-state index in [4.69, 9.17) is 12.2 Å². The molecular weight excluding hydrogens is 386 g/mol. The number of hydrogen-bond acceptors (Lipinski definition) is 4. The minimum atomic E-state index is -0.207. The number of rotatable bonds is 5. The maximum atomic E-state index is 12.6. The Kier molecular flexibility index (Phi) is 5.26. The molecule has 4 rings (SSSR count). The summed E-state index contributed by atoms with van der Waals surface area (Å²) in [5, 5.41) is 9.92. The van der Waals surface area contributed by atoms with Crippen LogP contribution in [0.15, 0.2) is 48.5 Å². The Morgan fingerprint density at radius 2 is 2.03 bits per heavy atom. The number of aryl methyl sites for hydroxylation is 1. The largest absolute Gasteiger partial charge is 0.325 e. The van der Waals surface area contributed by atoms with Gasteiger partial charge in [0.1, 0.15) is 6.54 Å². The molecule has 1 aliphatic rings. The lowest BCUT2D eigenvalue weighted by molar-refractivity contribution is -0.117. The highest BCUT2D eigenvalue weighted by Crippen LogP contribution is 2.23. The van der Waals surface area contributed by atoms with E-state index in [0.29, 0.717) is 22.7 Å². The third kappa shape index (κ3) is 4.12. The maximum absolute atomic E-state index is 12.6. The van der Waals surface area contributed by atoms with E-state index in [-0.39, 0.29) is 18.4 Å². The first kappa shape index (κ1) is 19.1.